The third kappa shape index (κ3) is 2.27. The number of aromatic nitrogens is 2. The van der Waals surface area contributed by atoms with Gasteiger partial charge in [0.25, 0.3) is 0 Å². The minimum Gasteiger partial charge on any atom is -0.468 e. The zero-order chi connectivity index (χ0) is 10.7. The average Bonchev–Trinajstić information content (AvgIpc) is 2.91. The van der Waals surface area contributed by atoms with Gasteiger partial charge in [-0.2, -0.15) is 0 Å². The summed E-state index contributed by atoms with van der Waals surface area (Å²) >= 11 is 0. The molecule has 0 aliphatic heterocycles. The molecule has 0 radical (unpaired) electrons. The van der Waals surface area contributed by atoms with Crippen LogP contribution in [0.5, 0.6) is 0 Å². The van der Waals surface area contributed by atoms with Crippen molar-refractivity contribution in [1.29, 1.82) is 0 Å². The number of imidazole rings is 1. The van der Waals surface area contributed by atoms with E-state index in [4.69, 9.17) is 4.42 Å². The van der Waals surface area contributed by atoms with Gasteiger partial charge in [-0.25, -0.2) is 4.98 Å². The van der Waals surface area contributed by atoms with Gasteiger partial charge in [-0.15, -0.1) is 0 Å². The fraction of sp³-hybridized carbons (Fsp3) is 0.364. The number of hydrogen-bond donors (Lipinski definition) is 2. The summed E-state index contributed by atoms with van der Waals surface area (Å²) in [7, 11) is 0. The fourth-order valence-corrected chi connectivity index (χ4v) is 1.59. The van der Waals surface area contributed by atoms with Crippen molar-refractivity contribution in [2.24, 2.45) is 0 Å². The van der Waals surface area contributed by atoms with E-state index in [-0.39, 0.29) is 12.1 Å². The smallest absolute Gasteiger partial charge is 0.122 e. The van der Waals surface area contributed by atoms with Crippen LogP contribution >= 0.6 is 0 Å². The van der Waals surface area contributed by atoms with E-state index in [2.05, 4.69) is 29.1 Å². The predicted octanol–water partition coefficient (Wildman–Crippen LogP) is 2.41. The normalized spacial score (nSPS) is 15.1. The molecule has 80 valence electrons. The lowest BCUT2D eigenvalue weighted by Crippen LogP contribution is -2.22. The Morgan fingerprint density at radius 1 is 1.40 bits per heavy atom. The van der Waals surface area contributed by atoms with Gasteiger partial charge in [-0.3, -0.25) is 5.32 Å². The molecule has 0 saturated carbocycles. The molecule has 2 N–H and O–H groups in total. The Labute approximate surface area is 88.7 Å². The van der Waals surface area contributed by atoms with E-state index in [9.17, 15) is 0 Å². The molecule has 4 heteroatoms. The van der Waals surface area contributed by atoms with Crippen molar-refractivity contribution >= 4 is 0 Å². The Hall–Kier alpha value is -1.55. The number of nitrogens with one attached hydrogen (secondary N) is 2. The number of H-pyrrole nitrogens is 1. The summed E-state index contributed by atoms with van der Waals surface area (Å²) in [4.78, 5) is 7.29. The summed E-state index contributed by atoms with van der Waals surface area (Å²) in [5.74, 6) is 1.88. The lowest BCUT2D eigenvalue weighted by molar-refractivity contribution is 0.397. The molecule has 2 heterocycles. The van der Waals surface area contributed by atoms with Gasteiger partial charge < -0.3 is 9.40 Å². The van der Waals surface area contributed by atoms with Crippen LogP contribution in [-0.2, 0) is 0 Å². The van der Waals surface area contributed by atoms with Crippen LogP contribution in [0.25, 0.3) is 0 Å². The van der Waals surface area contributed by atoms with Gasteiger partial charge in [0.05, 0.1) is 18.3 Å². The molecular formula is C11H15N3O. The molecular weight excluding hydrogens is 190 g/mol. The molecule has 15 heavy (non-hydrogen) atoms. The van der Waals surface area contributed by atoms with Crippen molar-refractivity contribution in [2.45, 2.75) is 25.9 Å². The largest absolute Gasteiger partial charge is 0.468 e. The zero-order valence-electron chi connectivity index (χ0n) is 8.90. The van der Waals surface area contributed by atoms with Crippen molar-refractivity contribution in [2.75, 3.05) is 0 Å². The van der Waals surface area contributed by atoms with Crippen LogP contribution in [0, 0.1) is 0 Å². The van der Waals surface area contributed by atoms with E-state index in [1.54, 1.807) is 12.5 Å². The summed E-state index contributed by atoms with van der Waals surface area (Å²) in [6.45, 7) is 4.14. The molecule has 2 unspecified atom stereocenters. The Morgan fingerprint density at radius 3 is 2.87 bits per heavy atom. The first kappa shape index (κ1) is 9.98. The molecule has 2 rings (SSSR count). The molecule has 0 bridgehead atoms. The summed E-state index contributed by atoms with van der Waals surface area (Å²) in [6.07, 6.45) is 5.27. The lowest BCUT2D eigenvalue weighted by atomic mass is 10.2. The van der Waals surface area contributed by atoms with Crippen LogP contribution < -0.4 is 5.32 Å². The van der Waals surface area contributed by atoms with E-state index in [1.807, 2.05) is 18.3 Å². The van der Waals surface area contributed by atoms with E-state index in [1.165, 1.54) is 0 Å². The van der Waals surface area contributed by atoms with Crippen molar-refractivity contribution in [3.63, 3.8) is 0 Å². The fourth-order valence-electron chi connectivity index (χ4n) is 1.59. The van der Waals surface area contributed by atoms with Gasteiger partial charge in [-0.1, -0.05) is 0 Å². The number of furan rings is 1. The maximum absolute atomic E-state index is 5.32. The number of rotatable bonds is 4. The monoisotopic (exact) mass is 205 g/mol. The number of hydrogen-bond acceptors (Lipinski definition) is 3. The highest BCUT2D eigenvalue weighted by atomic mass is 16.3. The quantitative estimate of drug-likeness (QED) is 0.805. The van der Waals surface area contributed by atoms with Crippen LogP contribution in [0.3, 0.4) is 0 Å². The third-order valence-corrected chi connectivity index (χ3v) is 2.40. The molecule has 2 atom stereocenters. The first-order chi connectivity index (χ1) is 7.27. The van der Waals surface area contributed by atoms with Crippen LogP contribution in [-0.4, -0.2) is 9.97 Å². The first-order valence-corrected chi connectivity index (χ1v) is 5.06. The van der Waals surface area contributed by atoms with Gasteiger partial charge in [-0.05, 0) is 26.0 Å². The van der Waals surface area contributed by atoms with Crippen molar-refractivity contribution in [1.82, 2.24) is 15.3 Å². The Kier molecular flexibility index (Phi) is 2.87. The van der Waals surface area contributed by atoms with Crippen molar-refractivity contribution in [3.05, 3.63) is 42.4 Å². The summed E-state index contributed by atoms with van der Waals surface area (Å²) < 4.78 is 5.32. The van der Waals surface area contributed by atoms with Gasteiger partial charge in [0.2, 0.25) is 0 Å². The molecule has 0 saturated heterocycles. The van der Waals surface area contributed by atoms with Crippen molar-refractivity contribution in [3.8, 4) is 0 Å². The summed E-state index contributed by atoms with van der Waals surface area (Å²) in [6, 6.07) is 4.22. The minimum absolute atomic E-state index is 0.181. The van der Waals surface area contributed by atoms with Crippen LogP contribution in [0.1, 0.15) is 37.5 Å². The van der Waals surface area contributed by atoms with E-state index in [0.717, 1.165) is 11.6 Å². The lowest BCUT2D eigenvalue weighted by Gasteiger charge is -2.16. The average molecular weight is 205 g/mol. The highest BCUT2D eigenvalue weighted by molar-refractivity contribution is 5.04. The number of aromatic amines is 1. The second-order valence-corrected chi connectivity index (χ2v) is 3.60. The van der Waals surface area contributed by atoms with E-state index < -0.39 is 0 Å². The van der Waals surface area contributed by atoms with Gasteiger partial charge >= 0.3 is 0 Å². The molecule has 0 amide bonds. The van der Waals surface area contributed by atoms with Gasteiger partial charge in [0, 0.05) is 12.4 Å². The number of nitrogens with zero attached hydrogens (tertiary/aromatic N) is 1. The SMILES string of the molecule is CC(NC(C)c1ccco1)c1ncc[nH]1. The molecule has 2 aromatic rings. The topological polar surface area (TPSA) is 53.9 Å². The van der Waals surface area contributed by atoms with E-state index in [0.29, 0.717) is 0 Å². The third-order valence-electron chi connectivity index (χ3n) is 2.40. The standard InChI is InChI=1S/C11H15N3O/c1-8(10-4-3-7-15-10)14-9(2)11-12-5-6-13-11/h3-9,14H,1-2H3,(H,12,13). The van der Waals surface area contributed by atoms with E-state index >= 15 is 0 Å². The van der Waals surface area contributed by atoms with Crippen LogP contribution in [0.4, 0.5) is 0 Å². The molecule has 2 aromatic heterocycles. The summed E-state index contributed by atoms with van der Waals surface area (Å²) in [5, 5.41) is 3.40. The van der Waals surface area contributed by atoms with Crippen LogP contribution in [0.15, 0.2) is 35.2 Å². The van der Waals surface area contributed by atoms with Gasteiger partial charge in [0.1, 0.15) is 11.6 Å². The second kappa shape index (κ2) is 4.31. The summed E-state index contributed by atoms with van der Waals surface area (Å²) in [5.41, 5.74) is 0. The molecule has 0 aliphatic carbocycles. The highest BCUT2D eigenvalue weighted by Crippen LogP contribution is 2.17. The maximum Gasteiger partial charge on any atom is 0.122 e. The minimum atomic E-state index is 0.181. The zero-order valence-corrected chi connectivity index (χ0v) is 8.90. The highest BCUT2D eigenvalue weighted by Gasteiger charge is 2.13. The Bertz CT molecular complexity index is 342. The molecule has 0 aromatic carbocycles. The Balaban J connectivity index is 1.98. The second-order valence-electron chi connectivity index (χ2n) is 3.60. The molecule has 0 spiro atoms. The van der Waals surface area contributed by atoms with Crippen LogP contribution in [0.2, 0.25) is 0 Å². The molecule has 0 fully saturated rings. The first-order valence-electron chi connectivity index (χ1n) is 5.06. The Morgan fingerprint density at radius 2 is 2.27 bits per heavy atom. The predicted molar refractivity (Wildman–Crippen MR) is 57.3 cm³/mol. The molecule has 0 aliphatic rings. The molecule has 4 nitrogen and oxygen atoms in total. The van der Waals surface area contributed by atoms with Gasteiger partial charge in [0.15, 0.2) is 0 Å². The van der Waals surface area contributed by atoms with Crippen molar-refractivity contribution < 1.29 is 4.42 Å². The maximum atomic E-state index is 5.32.